The molecule has 0 heterocycles. The van der Waals surface area contributed by atoms with E-state index in [0.29, 0.717) is 0 Å². The number of anilines is 3. The van der Waals surface area contributed by atoms with Gasteiger partial charge >= 0.3 is 0 Å². The lowest BCUT2D eigenvalue weighted by Crippen LogP contribution is -2.12. The fourth-order valence-corrected chi connectivity index (χ4v) is 1.64. The number of hydrogen-bond donors (Lipinski definition) is 3. The Bertz CT molecular complexity index is 708. The number of amides is 1. The monoisotopic (exact) mass is 299 g/mol. The molecule has 21 heavy (non-hydrogen) atoms. The van der Waals surface area contributed by atoms with Gasteiger partial charge in [0.2, 0.25) is 5.91 Å². The number of hydrogen-bond acceptors (Lipinski definition) is 3. The number of carbonyl (C=O) groups excluding carboxylic acids is 1. The highest BCUT2D eigenvalue weighted by Gasteiger charge is 2.20. The van der Waals surface area contributed by atoms with Crippen molar-refractivity contribution in [1.82, 2.24) is 0 Å². The number of nitrogens with one attached hydrogen (secondary N) is 1. The Balaban J connectivity index is 2.53. The van der Waals surface area contributed by atoms with Crippen LogP contribution in [-0.4, -0.2) is 5.91 Å². The maximum Gasteiger partial charge on any atom is 0.248 e. The van der Waals surface area contributed by atoms with E-state index in [9.17, 15) is 22.4 Å². The summed E-state index contributed by atoms with van der Waals surface area (Å²) in [7, 11) is 0. The Labute approximate surface area is 116 Å². The van der Waals surface area contributed by atoms with Crippen LogP contribution in [0.15, 0.2) is 24.3 Å². The van der Waals surface area contributed by atoms with Gasteiger partial charge in [-0.1, -0.05) is 0 Å². The zero-order chi connectivity index (χ0) is 15.7. The van der Waals surface area contributed by atoms with Gasteiger partial charge in [-0.2, -0.15) is 0 Å². The molecule has 0 bridgehead atoms. The summed E-state index contributed by atoms with van der Waals surface area (Å²) in [6, 6.07) is 3.74. The van der Waals surface area contributed by atoms with Crippen LogP contribution in [0.2, 0.25) is 0 Å². The number of carbonyl (C=O) groups is 1. The summed E-state index contributed by atoms with van der Waals surface area (Å²) < 4.78 is 53.3. The number of halogens is 4. The lowest BCUT2D eigenvalue weighted by Gasteiger charge is -2.12. The van der Waals surface area contributed by atoms with Crippen molar-refractivity contribution in [2.24, 2.45) is 5.73 Å². The van der Waals surface area contributed by atoms with Crippen molar-refractivity contribution in [3.8, 4) is 0 Å². The quantitative estimate of drug-likeness (QED) is 0.463. The van der Waals surface area contributed by atoms with Crippen LogP contribution in [0, 0.1) is 23.3 Å². The third kappa shape index (κ3) is 2.73. The van der Waals surface area contributed by atoms with E-state index in [2.05, 4.69) is 5.32 Å². The minimum Gasteiger partial charge on any atom is -0.397 e. The number of primary amides is 1. The molecule has 0 aliphatic heterocycles. The van der Waals surface area contributed by atoms with Gasteiger partial charge in [0.15, 0.2) is 23.3 Å². The molecule has 5 N–H and O–H groups in total. The summed E-state index contributed by atoms with van der Waals surface area (Å²) in [4.78, 5) is 11.0. The maximum atomic E-state index is 13.5. The minimum absolute atomic E-state index is 0.00321. The first-order valence-electron chi connectivity index (χ1n) is 5.60. The molecule has 110 valence electrons. The molecule has 0 saturated heterocycles. The first kappa shape index (κ1) is 14.6. The molecule has 0 saturated carbocycles. The molecule has 0 unspecified atom stereocenters. The zero-order valence-corrected chi connectivity index (χ0v) is 10.4. The van der Waals surface area contributed by atoms with Crippen molar-refractivity contribution < 1.29 is 22.4 Å². The van der Waals surface area contributed by atoms with Gasteiger partial charge in [-0.15, -0.1) is 0 Å². The summed E-state index contributed by atoms with van der Waals surface area (Å²) in [5, 5.41) is 2.12. The predicted molar refractivity (Wildman–Crippen MR) is 68.9 cm³/mol. The zero-order valence-electron chi connectivity index (χ0n) is 10.4. The van der Waals surface area contributed by atoms with Crippen LogP contribution in [0.3, 0.4) is 0 Å². The van der Waals surface area contributed by atoms with Crippen LogP contribution >= 0.6 is 0 Å². The average molecular weight is 299 g/mol. The van der Waals surface area contributed by atoms with E-state index < -0.39 is 34.9 Å². The minimum atomic E-state index is -1.61. The Morgan fingerprint density at radius 1 is 1.00 bits per heavy atom. The Kier molecular flexibility index (Phi) is 3.70. The topological polar surface area (TPSA) is 81.1 Å². The lowest BCUT2D eigenvalue weighted by atomic mass is 10.1. The standard InChI is InChI=1S/C13H9F4N3O/c14-6-4-7(15)11(17)12(10(6)16)20-9-3-5(13(19)21)1-2-8(9)18/h1-4,20H,18H2,(H2,19,21). The maximum absolute atomic E-state index is 13.5. The molecule has 2 rings (SSSR count). The number of rotatable bonds is 3. The van der Waals surface area contributed by atoms with E-state index in [1.54, 1.807) is 0 Å². The van der Waals surface area contributed by atoms with E-state index >= 15 is 0 Å². The Morgan fingerprint density at radius 3 is 2.10 bits per heavy atom. The molecule has 4 nitrogen and oxygen atoms in total. The molecule has 0 atom stereocenters. The van der Waals surface area contributed by atoms with Crippen LogP contribution in [0.5, 0.6) is 0 Å². The van der Waals surface area contributed by atoms with Gasteiger partial charge in [0, 0.05) is 11.6 Å². The number of nitrogen functional groups attached to an aromatic ring is 1. The third-order valence-electron chi connectivity index (χ3n) is 2.71. The fourth-order valence-electron chi connectivity index (χ4n) is 1.64. The Hall–Kier alpha value is -2.77. The molecular weight excluding hydrogens is 290 g/mol. The highest BCUT2D eigenvalue weighted by atomic mass is 19.2. The second-order valence-electron chi connectivity index (χ2n) is 4.13. The van der Waals surface area contributed by atoms with Crippen LogP contribution in [0.1, 0.15) is 10.4 Å². The van der Waals surface area contributed by atoms with Crippen molar-refractivity contribution in [3.05, 3.63) is 53.1 Å². The largest absolute Gasteiger partial charge is 0.397 e. The summed E-state index contributed by atoms with van der Waals surface area (Å²) in [5.74, 6) is -7.16. The molecule has 0 aliphatic rings. The van der Waals surface area contributed by atoms with Gasteiger partial charge in [-0.05, 0) is 18.2 Å². The van der Waals surface area contributed by atoms with Crippen molar-refractivity contribution in [2.75, 3.05) is 11.1 Å². The molecule has 1 amide bonds. The highest BCUT2D eigenvalue weighted by Crippen LogP contribution is 2.30. The van der Waals surface area contributed by atoms with E-state index in [0.717, 1.165) is 6.07 Å². The molecular formula is C13H9F4N3O. The van der Waals surface area contributed by atoms with E-state index in [1.165, 1.54) is 12.1 Å². The molecule has 0 spiro atoms. The fraction of sp³-hybridized carbons (Fsp3) is 0. The van der Waals surface area contributed by atoms with Crippen LogP contribution in [-0.2, 0) is 0 Å². The van der Waals surface area contributed by atoms with Crippen molar-refractivity contribution in [2.45, 2.75) is 0 Å². The summed E-state index contributed by atoms with van der Waals surface area (Å²) in [6.45, 7) is 0. The van der Waals surface area contributed by atoms with E-state index in [4.69, 9.17) is 11.5 Å². The SMILES string of the molecule is NC(=O)c1ccc(N)c(Nc2c(F)c(F)cc(F)c2F)c1. The van der Waals surface area contributed by atoms with Gasteiger partial charge in [-0.25, -0.2) is 17.6 Å². The third-order valence-corrected chi connectivity index (χ3v) is 2.71. The average Bonchev–Trinajstić information content (AvgIpc) is 2.43. The second kappa shape index (κ2) is 5.31. The second-order valence-corrected chi connectivity index (χ2v) is 4.13. The molecule has 0 aromatic heterocycles. The highest BCUT2D eigenvalue weighted by molar-refractivity contribution is 5.95. The van der Waals surface area contributed by atoms with Crippen molar-refractivity contribution >= 4 is 23.0 Å². The van der Waals surface area contributed by atoms with Gasteiger partial charge in [0.1, 0.15) is 5.69 Å². The van der Waals surface area contributed by atoms with Crippen molar-refractivity contribution in [3.63, 3.8) is 0 Å². The van der Waals surface area contributed by atoms with Crippen LogP contribution in [0.4, 0.5) is 34.6 Å². The smallest absolute Gasteiger partial charge is 0.248 e. The molecule has 2 aromatic rings. The Morgan fingerprint density at radius 2 is 1.57 bits per heavy atom. The summed E-state index contributed by atoms with van der Waals surface area (Å²) in [6.07, 6.45) is 0. The first-order chi connectivity index (χ1) is 9.81. The lowest BCUT2D eigenvalue weighted by molar-refractivity contribution is 0.100. The molecule has 0 radical (unpaired) electrons. The molecule has 0 fully saturated rings. The van der Waals surface area contributed by atoms with E-state index in [-0.39, 0.29) is 23.0 Å². The first-order valence-corrected chi connectivity index (χ1v) is 5.60. The van der Waals surface area contributed by atoms with Gasteiger partial charge in [0.25, 0.3) is 0 Å². The predicted octanol–water partition coefficient (Wildman–Crippen LogP) is 2.67. The van der Waals surface area contributed by atoms with Gasteiger partial charge < -0.3 is 16.8 Å². The number of nitrogens with two attached hydrogens (primary N) is 2. The van der Waals surface area contributed by atoms with Crippen molar-refractivity contribution in [1.29, 1.82) is 0 Å². The molecule has 0 aliphatic carbocycles. The van der Waals surface area contributed by atoms with Gasteiger partial charge in [-0.3, -0.25) is 4.79 Å². The van der Waals surface area contributed by atoms with E-state index in [1.807, 2.05) is 0 Å². The van der Waals surface area contributed by atoms with Crippen LogP contribution in [0.25, 0.3) is 0 Å². The van der Waals surface area contributed by atoms with Crippen LogP contribution < -0.4 is 16.8 Å². The molecule has 8 heteroatoms. The molecule has 2 aromatic carbocycles. The normalized spacial score (nSPS) is 10.5. The summed E-state index contributed by atoms with van der Waals surface area (Å²) >= 11 is 0. The van der Waals surface area contributed by atoms with Gasteiger partial charge in [0.05, 0.1) is 11.4 Å². The number of benzene rings is 2. The summed E-state index contributed by atoms with van der Waals surface area (Å²) in [5.41, 5.74) is 9.46.